The van der Waals surface area contributed by atoms with Gasteiger partial charge in [-0.2, -0.15) is 0 Å². The molecule has 0 aliphatic carbocycles. The molecular formula is C17H23BrN2O4. The Hall–Kier alpha value is -1.76. The minimum Gasteiger partial charge on any atom is -0.497 e. The summed E-state index contributed by atoms with van der Waals surface area (Å²) in [5.41, 5.74) is 0.0373. The first kappa shape index (κ1) is 18.6. The number of halogens is 1. The van der Waals surface area contributed by atoms with E-state index in [1.165, 1.54) is 0 Å². The summed E-state index contributed by atoms with van der Waals surface area (Å²) in [4.78, 5) is 28.1. The summed E-state index contributed by atoms with van der Waals surface area (Å²) in [7, 11) is 1.57. The van der Waals surface area contributed by atoms with E-state index in [0.29, 0.717) is 37.5 Å². The van der Waals surface area contributed by atoms with Gasteiger partial charge in [-0.05, 0) is 54.9 Å². The Morgan fingerprint density at radius 3 is 2.21 bits per heavy atom. The van der Waals surface area contributed by atoms with Crippen molar-refractivity contribution < 1.29 is 19.1 Å². The number of ether oxygens (including phenoxy) is 2. The normalized spacial score (nSPS) is 15.2. The van der Waals surface area contributed by atoms with Crippen LogP contribution in [-0.4, -0.2) is 60.7 Å². The molecule has 1 saturated heterocycles. The highest BCUT2D eigenvalue weighted by atomic mass is 79.9. The van der Waals surface area contributed by atoms with Gasteiger partial charge in [-0.1, -0.05) is 0 Å². The maximum Gasteiger partial charge on any atom is 0.410 e. The van der Waals surface area contributed by atoms with Gasteiger partial charge in [0.05, 0.1) is 12.7 Å². The molecule has 0 saturated carbocycles. The Bertz CT molecular complexity index is 620. The van der Waals surface area contributed by atoms with E-state index in [9.17, 15) is 9.59 Å². The number of amides is 2. The molecule has 1 fully saturated rings. The van der Waals surface area contributed by atoms with Gasteiger partial charge in [0.2, 0.25) is 0 Å². The fourth-order valence-corrected chi connectivity index (χ4v) is 2.80. The van der Waals surface area contributed by atoms with Crippen molar-refractivity contribution in [1.82, 2.24) is 9.80 Å². The van der Waals surface area contributed by atoms with Crippen molar-refractivity contribution in [1.29, 1.82) is 0 Å². The van der Waals surface area contributed by atoms with Crippen LogP contribution in [0.1, 0.15) is 31.1 Å². The van der Waals surface area contributed by atoms with Gasteiger partial charge in [0.25, 0.3) is 5.91 Å². The molecule has 132 valence electrons. The number of nitrogens with zero attached hydrogens (tertiary/aromatic N) is 2. The number of methoxy groups -OCH3 is 1. The van der Waals surface area contributed by atoms with Crippen LogP contribution in [0.5, 0.6) is 5.75 Å². The highest BCUT2D eigenvalue weighted by molar-refractivity contribution is 9.10. The number of benzene rings is 1. The standard InChI is InChI=1S/C17H23BrN2O4/c1-17(2,3)24-16(22)20-9-7-19(8-10-20)15(21)13-11-12(23-4)5-6-14(13)18/h5-6,11H,7-10H2,1-4H3. The molecule has 0 bridgehead atoms. The van der Waals surface area contributed by atoms with E-state index in [2.05, 4.69) is 15.9 Å². The van der Waals surface area contributed by atoms with Crippen molar-refractivity contribution in [3.63, 3.8) is 0 Å². The highest BCUT2D eigenvalue weighted by Gasteiger charge is 2.28. The SMILES string of the molecule is COc1ccc(Br)c(C(=O)N2CCN(C(=O)OC(C)(C)C)CC2)c1. The number of hydrogen-bond acceptors (Lipinski definition) is 4. The Kier molecular flexibility index (Phi) is 5.74. The molecule has 0 unspecified atom stereocenters. The Balaban J connectivity index is 1.99. The molecule has 1 aliphatic heterocycles. The molecule has 2 rings (SSSR count). The second-order valence-corrected chi connectivity index (χ2v) is 7.46. The Morgan fingerprint density at radius 2 is 1.67 bits per heavy atom. The first-order valence-electron chi connectivity index (χ1n) is 7.82. The summed E-state index contributed by atoms with van der Waals surface area (Å²) < 4.78 is 11.3. The van der Waals surface area contributed by atoms with Crippen LogP contribution in [0.3, 0.4) is 0 Å². The molecule has 1 aliphatic rings. The number of carbonyl (C=O) groups excluding carboxylic acids is 2. The van der Waals surface area contributed by atoms with Crippen LogP contribution in [-0.2, 0) is 4.74 Å². The zero-order valence-corrected chi connectivity index (χ0v) is 16.1. The van der Waals surface area contributed by atoms with Crippen LogP contribution in [0.2, 0.25) is 0 Å². The van der Waals surface area contributed by atoms with E-state index in [1.54, 1.807) is 35.1 Å². The molecule has 2 amide bonds. The third-order valence-corrected chi connectivity index (χ3v) is 4.31. The first-order valence-corrected chi connectivity index (χ1v) is 8.61. The topological polar surface area (TPSA) is 59.1 Å². The lowest BCUT2D eigenvalue weighted by Gasteiger charge is -2.35. The van der Waals surface area contributed by atoms with Crippen molar-refractivity contribution in [3.8, 4) is 5.75 Å². The Labute approximate surface area is 150 Å². The second kappa shape index (κ2) is 7.42. The summed E-state index contributed by atoms with van der Waals surface area (Å²) in [6, 6.07) is 5.30. The maximum atomic E-state index is 12.7. The molecule has 0 aromatic heterocycles. The van der Waals surface area contributed by atoms with Crippen LogP contribution in [0.15, 0.2) is 22.7 Å². The van der Waals surface area contributed by atoms with Gasteiger partial charge in [-0.25, -0.2) is 4.79 Å². The average Bonchev–Trinajstić information content (AvgIpc) is 2.53. The predicted octanol–water partition coefficient (Wildman–Crippen LogP) is 3.15. The van der Waals surface area contributed by atoms with Crippen LogP contribution >= 0.6 is 15.9 Å². The molecule has 6 nitrogen and oxygen atoms in total. The van der Waals surface area contributed by atoms with Crippen LogP contribution < -0.4 is 4.74 Å². The van der Waals surface area contributed by atoms with Gasteiger partial charge >= 0.3 is 6.09 Å². The van der Waals surface area contributed by atoms with Crippen LogP contribution in [0.25, 0.3) is 0 Å². The quantitative estimate of drug-likeness (QED) is 0.767. The fourth-order valence-electron chi connectivity index (χ4n) is 2.38. The van der Waals surface area contributed by atoms with E-state index in [-0.39, 0.29) is 12.0 Å². The molecule has 24 heavy (non-hydrogen) atoms. The zero-order chi connectivity index (χ0) is 17.9. The highest BCUT2D eigenvalue weighted by Crippen LogP contribution is 2.24. The molecule has 0 N–H and O–H groups in total. The van der Waals surface area contributed by atoms with Crippen molar-refractivity contribution >= 4 is 27.9 Å². The van der Waals surface area contributed by atoms with Gasteiger partial charge in [0.1, 0.15) is 11.4 Å². The van der Waals surface area contributed by atoms with Crippen molar-refractivity contribution in [2.24, 2.45) is 0 Å². The van der Waals surface area contributed by atoms with E-state index < -0.39 is 5.60 Å². The largest absolute Gasteiger partial charge is 0.497 e. The lowest BCUT2D eigenvalue weighted by molar-refractivity contribution is 0.0141. The number of carbonyl (C=O) groups is 2. The molecule has 1 aromatic carbocycles. The third kappa shape index (κ3) is 4.63. The average molecular weight is 399 g/mol. The lowest BCUT2D eigenvalue weighted by Crippen LogP contribution is -2.51. The molecule has 7 heteroatoms. The molecule has 1 heterocycles. The second-order valence-electron chi connectivity index (χ2n) is 6.61. The Morgan fingerprint density at radius 1 is 1.08 bits per heavy atom. The fraction of sp³-hybridized carbons (Fsp3) is 0.529. The molecule has 1 aromatic rings. The summed E-state index contributed by atoms with van der Waals surface area (Å²) in [6.45, 7) is 7.38. The van der Waals surface area contributed by atoms with E-state index in [4.69, 9.17) is 9.47 Å². The van der Waals surface area contributed by atoms with E-state index >= 15 is 0 Å². The van der Waals surface area contributed by atoms with Crippen molar-refractivity contribution in [3.05, 3.63) is 28.2 Å². The smallest absolute Gasteiger partial charge is 0.410 e. The molecular weight excluding hydrogens is 376 g/mol. The third-order valence-electron chi connectivity index (χ3n) is 3.62. The summed E-state index contributed by atoms with van der Waals surface area (Å²) in [5.74, 6) is 0.554. The van der Waals surface area contributed by atoms with E-state index in [1.807, 2.05) is 20.8 Å². The molecule has 0 radical (unpaired) electrons. The number of rotatable bonds is 2. The van der Waals surface area contributed by atoms with Gasteiger partial charge in [0, 0.05) is 30.7 Å². The molecule has 0 spiro atoms. The van der Waals surface area contributed by atoms with Gasteiger partial charge in [-0.3, -0.25) is 4.79 Å². The molecule has 0 atom stereocenters. The maximum absolute atomic E-state index is 12.7. The van der Waals surface area contributed by atoms with Crippen molar-refractivity contribution in [2.45, 2.75) is 26.4 Å². The van der Waals surface area contributed by atoms with Crippen LogP contribution in [0, 0.1) is 0 Å². The van der Waals surface area contributed by atoms with Crippen LogP contribution in [0.4, 0.5) is 4.79 Å². The lowest BCUT2D eigenvalue weighted by atomic mass is 10.1. The minimum atomic E-state index is -0.518. The predicted molar refractivity (Wildman–Crippen MR) is 94.4 cm³/mol. The minimum absolute atomic E-state index is 0.0791. The van der Waals surface area contributed by atoms with E-state index in [0.717, 1.165) is 4.47 Å². The van der Waals surface area contributed by atoms with Crippen molar-refractivity contribution in [2.75, 3.05) is 33.3 Å². The summed E-state index contributed by atoms with van der Waals surface area (Å²) >= 11 is 3.41. The summed E-state index contributed by atoms with van der Waals surface area (Å²) in [5, 5.41) is 0. The number of piperazine rings is 1. The summed E-state index contributed by atoms with van der Waals surface area (Å²) in [6.07, 6.45) is -0.336. The first-order chi connectivity index (χ1) is 11.2. The monoisotopic (exact) mass is 398 g/mol. The van der Waals surface area contributed by atoms with Gasteiger partial charge in [-0.15, -0.1) is 0 Å². The van der Waals surface area contributed by atoms with Gasteiger partial charge < -0.3 is 19.3 Å². The number of hydrogen-bond donors (Lipinski definition) is 0. The zero-order valence-electron chi connectivity index (χ0n) is 14.5. The van der Waals surface area contributed by atoms with Gasteiger partial charge in [0.15, 0.2) is 0 Å².